The number of hydrogen-bond donors (Lipinski definition) is 2. The number of nitrogens with one attached hydrogen (secondary N) is 2. The third-order valence-corrected chi connectivity index (χ3v) is 5.89. The maximum absolute atomic E-state index is 12.4. The smallest absolute Gasteiger partial charge is 0.238 e. The fraction of sp³-hybridized carbons (Fsp3) is 0.222. The number of nitrogens with zero attached hydrogens (tertiary/aromatic N) is 3. The lowest BCUT2D eigenvalue weighted by molar-refractivity contribution is -0.117. The van der Waals surface area contributed by atoms with Gasteiger partial charge in [-0.15, -0.1) is 0 Å². The number of halogens is 1. The van der Waals surface area contributed by atoms with Gasteiger partial charge in [0.05, 0.1) is 17.1 Å². The van der Waals surface area contributed by atoms with Gasteiger partial charge < -0.3 is 15.4 Å². The molecule has 3 aromatic carbocycles. The van der Waals surface area contributed by atoms with E-state index in [1.54, 1.807) is 6.07 Å². The number of benzene rings is 3. The molecule has 1 heterocycles. The van der Waals surface area contributed by atoms with Gasteiger partial charge in [-0.3, -0.25) is 9.69 Å². The SMILES string of the molecule is CCN(CC)CC(=O)Nc1ccc2ncnc(Nc3ccc(Oc4cccc(C)c4)c(Cl)c3)c2c1. The molecule has 1 amide bonds. The molecule has 0 radical (unpaired) electrons. The van der Waals surface area contributed by atoms with Crippen molar-refractivity contribution < 1.29 is 9.53 Å². The van der Waals surface area contributed by atoms with E-state index in [1.807, 2.05) is 75.4 Å². The van der Waals surface area contributed by atoms with Gasteiger partial charge in [0, 0.05) is 16.8 Å². The molecule has 0 atom stereocenters. The Labute approximate surface area is 210 Å². The zero-order valence-electron chi connectivity index (χ0n) is 20.0. The number of hydrogen-bond acceptors (Lipinski definition) is 6. The van der Waals surface area contributed by atoms with Crippen molar-refractivity contribution in [2.24, 2.45) is 0 Å². The van der Waals surface area contributed by atoms with Crippen molar-refractivity contribution in [3.05, 3.63) is 77.6 Å². The van der Waals surface area contributed by atoms with Crippen LogP contribution in [0.5, 0.6) is 11.5 Å². The summed E-state index contributed by atoms with van der Waals surface area (Å²) in [7, 11) is 0. The third-order valence-electron chi connectivity index (χ3n) is 5.59. The summed E-state index contributed by atoms with van der Waals surface area (Å²) >= 11 is 6.50. The highest BCUT2D eigenvalue weighted by atomic mass is 35.5. The summed E-state index contributed by atoms with van der Waals surface area (Å²) in [4.78, 5) is 23.3. The van der Waals surface area contributed by atoms with Gasteiger partial charge in [0.1, 0.15) is 23.6 Å². The van der Waals surface area contributed by atoms with Gasteiger partial charge in [-0.1, -0.05) is 37.6 Å². The van der Waals surface area contributed by atoms with E-state index in [-0.39, 0.29) is 5.91 Å². The first-order chi connectivity index (χ1) is 16.9. The minimum Gasteiger partial charge on any atom is -0.456 e. The Morgan fingerprint density at radius 2 is 1.80 bits per heavy atom. The zero-order chi connectivity index (χ0) is 24.8. The molecular formula is C27H28ClN5O2. The van der Waals surface area contributed by atoms with E-state index >= 15 is 0 Å². The molecule has 1 aromatic heterocycles. The van der Waals surface area contributed by atoms with Crippen LogP contribution in [-0.4, -0.2) is 40.4 Å². The first kappa shape index (κ1) is 24.4. The fourth-order valence-corrected chi connectivity index (χ4v) is 3.91. The number of aromatic nitrogens is 2. The molecule has 7 nitrogen and oxygen atoms in total. The second kappa shape index (κ2) is 11.2. The van der Waals surface area contributed by atoms with Gasteiger partial charge in [0.15, 0.2) is 0 Å². The molecule has 0 bridgehead atoms. The molecule has 2 N–H and O–H groups in total. The highest BCUT2D eigenvalue weighted by Gasteiger charge is 2.11. The van der Waals surface area contributed by atoms with Crippen molar-refractivity contribution in [3.8, 4) is 11.5 Å². The van der Waals surface area contributed by atoms with E-state index in [1.165, 1.54) is 6.33 Å². The van der Waals surface area contributed by atoms with Gasteiger partial charge >= 0.3 is 0 Å². The molecule has 4 aromatic rings. The van der Waals surface area contributed by atoms with Crippen LogP contribution < -0.4 is 15.4 Å². The standard InChI is InChI=1S/C27H28ClN5O2/c1-4-33(5-2)16-26(34)31-19-9-11-24-22(14-19)27(30-17-29-24)32-20-10-12-25(23(28)15-20)35-21-8-6-7-18(3)13-21/h6-15,17H,4-5,16H2,1-3H3,(H,31,34)(H,29,30,32). The lowest BCUT2D eigenvalue weighted by Crippen LogP contribution is -2.32. The van der Waals surface area contributed by atoms with Crippen LogP contribution in [0.15, 0.2) is 67.0 Å². The quantitative estimate of drug-likeness (QED) is 0.283. The summed E-state index contributed by atoms with van der Waals surface area (Å²) < 4.78 is 5.93. The summed E-state index contributed by atoms with van der Waals surface area (Å²) in [5.41, 5.74) is 3.31. The van der Waals surface area contributed by atoms with Gasteiger partial charge in [0.2, 0.25) is 5.91 Å². The summed E-state index contributed by atoms with van der Waals surface area (Å²) in [6, 6.07) is 18.8. The van der Waals surface area contributed by atoms with E-state index in [0.29, 0.717) is 28.8 Å². The Morgan fingerprint density at radius 1 is 1.00 bits per heavy atom. The number of carbonyl (C=O) groups excluding carboxylic acids is 1. The van der Waals surface area contributed by atoms with Crippen molar-refractivity contribution in [1.82, 2.24) is 14.9 Å². The summed E-state index contributed by atoms with van der Waals surface area (Å²) in [6.45, 7) is 8.07. The number of rotatable bonds is 9. The van der Waals surface area contributed by atoms with Crippen LogP contribution in [-0.2, 0) is 4.79 Å². The van der Waals surface area contributed by atoms with E-state index in [0.717, 1.165) is 41.0 Å². The number of amides is 1. The first-order valence-electron chi connectivity index (χ1n) is 11.5. The fourth-order valence-electron chi connectivity index (χ4n) is 3.69. The van der Waals surface area contributed by atoms with Crippen molar-refractivity contribution in [3.63, 3.8) is 0 Å². The van der Waals surface area contributed by atoms with Crippen LogP contribution in [0.2, 0.25) is 5.02 Å². The zero-order valence-corrected chi connectivity index (χ0v) is 20.8. The first-order valence-corrected chi connectivity index (χ1v) is 11.9. The van der Waals surface area contributed by atoms with E-state index < -0.39 is 0 Å². The predicted molar refractivity (Wildman–Crippen MR) is 142 cm³/mol. The highest BCUT2D eigenvalue weighted by Crippen LogP contribution is 2.33. The van der Waals surface area contributed by atoms with Crippen LogP contribution >= 0.6 is 11.6 Å². The van der Waals surface area contributed by atoms with Gasteiger partial charge in [-0.05, 0) is 74.1 Å². The molecule has 0 unspecified atom stereocenters. The van der Waals surface area contributed by atoms with Crippen LogP contribution in [0.1, 0.15) is 19.4 Å². The van der Waals surface area contributed by atoms with Crippen molar-refractivity contribution in [2.75, 3.05) is 30.3 Å². The number of fused-ring (bicyclic) bond motifs is 1. The topological polar surface area (TPSA) is 79.4 Å². The monoisotopic (exact) mass is 489 g/mol. The average Bonchev–Trinajstić information content (AvgIpc) is 2.84. The van der Waals surface area contributed by atoms with Crippen LogP contribution in [0.3, 0.4) is 0 Å². The minimum absolute atomic E-state index is 0.0598. The molecule has 8 heteroatoms. The summed E-state index contributed by atoms with van der Waals surface area (Å²) in [6.07, 6.45) is 1.50. The second-order valence-electron chi connectivity index (χ2n) is 8.15. The highest BCUT2D eigenvalue weighted by molar-refractivity contribution is 6.32. The molecule has 4 rings (SSSR count). The van der Waals surface area contributed by atoms with Crippen LogP contribution in [0, 0.1) is 6.92 Å². The third kappa shape index (κ3) is 6.26. The predicted octanol–water partition coefficient (Wildman–Crippen LogP) is 6.41. The van der Waals surface area contributed by atoms with Crippen molar-refractivity contribution in [2.45, 2.75) is 20.8 Å². The molecular weight excluding hydrogens is 462 g/mol. The Kier molecular flexibility index (Phi) is 7.80. The Morgan fingerprint density at radius 3 is 2.54 bits per heavy atom. The normalized spacial score (nSPS) is 11.0. The van der Waals surface area contributed by atoms with Crippen LogP contribution in [0.4, 0.5) is 17.2 Å². The van der Waals surface area contributed by atoms with E-state index in [2.05, 4.69) is 25.5 Å². The second-order valence-corrected chi connectivity index (χ2v) is 8.56. The number of likely N-dealkylation sites (N-methyl/N-ethyl adjacent to an activating group) is 1. The van der Waals surface area contributed by atoms with Crippen LogP contribution in [0.25, 0.3) is 10.9 Å². The molecule has 0 fully saturated rings. The average molecular weight is 490 g/mol. The minimum atomic E-state index is -0.0598. The Hall–Kier alpha value is -3.68. The lowest BCUT2D eigenvalue weighted by Gasteiger charge is -2.17. The van der Waals surface area contributed by atoms with E-state index in [9.17, 15) is 4.79 Å². The van der Waals surface area contributed by atoms with Gasteiger partial charge in [0.25, 0.3) is 0 Å². The number of ether oxygens (including phenoxy) is 1. The number of anilines is 3. The summed E-state index contributed by atoms with van der Waals surface area (Å²) in [5, 5.41) is 7.53. The number of carbonyl (C=O) groups is 1. The Balaban J connectivity index is 1.53. The Bertz CT molecular complexity index is 1340. The van der Waals surface area contributed by atoms with Gasteiger partial charge in [-0.25, -0.2) is 9.97 Å². The lowest BCUT2D eigenvalue weighted by atomic mass is 10.2. The maximum atomic E-state index is 12.4. The van der Waals surface area contributed by atoms with Gasteiger partial charge in [-0.2, -0.15) is 0 Å². The molecule has 0 saturated carbocycles. The molecule has 35 heavy (non-hydrogen) atoms. The molecule has 0 aliphatic rings. The molecule has 0 aliphatic heterocycles. The van der Waals surface area contributed by atoms with Crippen molar-refractivity contribution in [1.29, 1.82) is 0 Å². The largest absolute Gasteiger partial charge is 0.456 e. The number of aryl methyl sites for hydroxylation is 1. The molecule has 0 spiro atoms. The molecule has 0 saturated heterocycles. The van der Waals surface area contributed by atoms with E-state index in [4.69, 9.17) is 16.3 Å². The summed E-state index contributed by atoms with van der Waals surface area (Å²) in [5.74, 6) is 1.84. The molecule has 180 valence electrons. The maximum Gasteiger partial charge on any atom is 0.238 e. The molecule has 0 aliphatic carbocycles. The van der Waals surface area contributed by atoms with Crippen molar-refractivity contribution >= 4 is 45.6 Å².